The normalized spacial score (nSPS) is 16.4. The Labute approximate surface area is 325 Å². The average Bonchev–Trinajstić information content (AvgIpc) is 3.88. The lowest BCUT2D eigenvalue weighted by molar-refractivity contribution is 0.332. The molecule has 0 N–H and O–H groups in total. The van der Waals surface area contributed by atoms with E-state index in [-0.39, 0.29) is 17.7 Å². The second-order valence-electron chi connectivity index (χ2n) is 17.9. The predicted molar refractivity (Wildman–Crippen MR) is 235 cm³/mol. The highest BCUT2D eigenvalue weighted by molar-refractivity contribution is 6.90. The molecule has 13 rings (SSSR count). The maximum atomic E-state index is 7.07. The number of hydrogen-bond donors (Lipinski definition) is 0. The lowest BCUT2D eigenvalue weighted by Gasteiger charge is -2.44. The van der Waals surface area contributed by atoms with Gasteiger partial charge in [0.2, 0.25) is 0 Å². The number of para-hydroxylation sites is 4. The summed E-state index contributed by atoms with van der Waals surface area (Å²) in [6.45, 7) is 11.9. The molecule has 2 aliphatic heterocycles. The van der Waals surface area contributed by atoms with Gasteiger partial charge in [0.25, 0.3) is 0 Å². The molecule has 0 unspecified atom stereocenters. The number of aryl methyl sites for hydroxylation is 1. The van der Waals surface area contributed by atoms with E-state index in [4.69, 9.17) is 8.83 Å². The van der Waals surface area contributed by atoms with E-state index >= 15 is 0 Å². The third-order valence-corrected chi connectivity index (χ3v) is 13.9. The van der Waals surface area contributed by atoms with Gasteiger partial charge in [-0.3, -0.25) is 0 Å². The molecule has 0 amide bonds. The van der Waals surface area contributed by atoms with Crippen LogP contribution in [0.4, 0.5) is 17.1 Å². The summed E-state index contributed by atoms with van der Waals surface area (Å²) in [6.07, 6.45) is 2.33. The first-order valence-electron chi connectivity index (χ1n) is 20.1. The Bertz CT molecular complexity index is 3410. The van der Waals surface area contributed by atoms with E-state index in [1.54, 1.807) is 0 Å². The Morgan fingerprint density at radius 3 is 1.98 bits per heavy atom. The Kier molecular flexibility index (Phi) is 5.63. The third-order valence-electron chi connectivity index (χ3n) is 13.9. The second-order valence-corrected chi connectivity index (χ2v) is 17.9. The summed E-state index contributed by atoms with van der Waals surface area (Å²) < 4.78 is 16.7. The van der Waals surface area contributed by atoms with E-state index in [9.17, 15) is 0 Å². The minimum Gasteiger partial charge on any atom is -0.455 e. The van der Waals surface area contributed by atoms with Crippen LogP contribution in [-0.2, 0) is 10.8 Å². The highest BCUT2D eigenvalue weighted by Gasteiger charge is 2.46. The van der Waals surface area contributed by atoms with Crippen molar-refractivity contribution in [2.24, 2.45) is 0 Å². The Morgan fingerprint density at radius 1 is 0.571 bits per heavy atom. The smallest absolute Gasteiger partial charge is 0.333 e. The molecular formula is C51H39BN2O2. The topological polar surface area (TPSA) is 34.5 Å². The summed E-state index contributed by atoms with van der Waals surface area (Å²) in [5.41, 5.74) is 18.9. The van der Waals surface area contributed by atoms with Crippen LogP contribution in [0.1, 0.15) is 57.2 Å². The largest absolute Gasteiger partial charge is 0.455 e. The fourth-order valence-electron chi connectivity index (χ4n) is 11.1. The molecule has 4 nitrogen and oxygen atoms in total. The van der Waals surface area contributed by atoms with Crippen LogP contribution in [0.2, 0.25) is 0 Å². The van der Waals surface area contributed by atoms with Crippen molar-refractivity contribution in [3.63, 3.8) is 0 Å². The Balaban J connectivity index is 1.27. The number of furan rings is 2. The molecule has 0 saturated heterocycles. The van der Waals surface area contributed by atoms with Crippen LogP contribution in [0.15, 0.2) is 130 Å². The molecule has 7 aromatic carbocycles. The molecule has 268 valence electrons. The van der Waals surface area contributed by atoms with Gasteiger partial charge in [-0.1, -0.05) is 119 Å². The summed E-state index contributed by atoms with van der Waals surface area (Å²) in [7, 11) is 0. The van der Waals surface area contributed by atoms with Gasteiger partial charge in [-0.25, -0.2) is 0 Å². The van der Waals surface area contributed by atoms with E-state index in [1.165, 1.54) is 78.3 Å². The fraction of sp³-hybridized carbons (Fsp3) is 0.176. The van der Waals surface area contributed by atoms with Gasteiger partial charge in [0.15, 0.2) is 5.58 Å². The van der Waals surface area contributed by atoms with Crippen molar-refractivity contribution in [1.82, 2.24) is 4.48 Å². The third kappa shape index (κ3) is 3.68. The van der Waals surface area contributed by atoms with Crippen LogP contribution < -0.4 is 15.8 Å². The van der Waals surface area contributed by atoms with Gasteiger partial charge in [-0.2, -0.15) is 0 Å². The molecule has 3 aromatic heterocycles. The number of anilines is 3. The van der Waals surface area contributed by atoms with E-state index in [0.29, 0.717) is 0 Å². The molecule has 0 bridgehead atoms. The van der Waals surface area contributed by atoms with Gasteiger partial charge < -0.3 is 18.2 Å². The Morgan fingerprint density at radius 2 is 1.21 bits per heavy atom. The van der Waals surface area contributed by atoms with Crippen molar-refractivity contribution in [3.8, 4) is 11.1 Å². The summed E-state index contributed by atoms with van der Waals surface area (Å²) in [4.78, 5) is 2.58. The number of fused-ring (bicyclic) bond motifs is 16. The minimum absolute atomic E-state index is 0.0402. The highest BCUT2D eigenvalue weighted by atomic mass is 16.3. The quantitative estimate of drug-likeness (QED) is 0.158. The lowest BCUT2D eigenvalue weighted by Crippen LogP contribution is -2.56. The lowest BCUT2D eigenvalue weighted by atomic mass is 9.45. The first-order valence-corrected chi connectivity index (χ1v) is 20.1. The fourth-order valence-corrected chi connectivity index (χ4v) is 11.1. The van der Waals surface area contributed by atoms with Crippen molar-refractivity contribution in [3.05, 3.63) is 138 Å². The van der Waals surface area contributed by atoms with Crippen LogP contribution in [0, 0.1) is 6.92 Å². The monoisotopic (exact) mass is 722 g/mol. The molecule has 0 spiro atoms. The summed E-state index contributed by atoms with van der Waals surface area (Å²) in [5.74, 6) is 0. The maximum absolute atomic E-state index is 7.07. The molecule has 0 radical (unpaired) electrons. The molecule has 56 heavy (non-hydrogen) atoms. The number of rotatable bonds is 1. The molecule has 0 saturated carbocycles. The van der Waals surface area contributed by atoms with Gasteiger partial charge in [-0.15, -0.1) is 0 Å². The van der Waals surface area contributed by atoms with Crippen LogP contribution >= 0.6 is 0 Å². The van der Waals surface area contributed by atoms with E-state index in [2.05, 4.69) is 165 Å². The van der Waals surface area contributed by atoms with E-state index < -0.39 is 0 Å². The van der Waals surface area contributed by atoms with Crippen molar-refractivity contribution >= 4 is 101 Å². The van der Waals surface area contributed by atoms with Gasteiger partial charge in [0, 0.05) is 65.9 Å². The molecular weight excluding hydrogens is 683 g/mol. The maximum Gasteiger partial charge on any atom is 0.333 e. The molecule has 1 aliphatic carbocycles. The standard InChI is InChI=1S/C51H39BN2O2/c1-28-25-36-37(51(4,5)24-23-50(36,2)3)27-40(28)53-41-26-35-31-15-8-11-20-43(31)55-48(35)44-34-17-12-16-32-29-13-6-9-18-39(29)54(46(32)34)52(45(41)44)38-22-21-33-30-14-7-10-19-42(30)56-49(33)47(38)53/h6-22,25-27H,23-24H2,1-5H3. The molecule has 10 aromatic rings. The zero-order valence-corrected chi connectivity index (χ0v) is 32.2. The van der Waals surface area contributed by atoms with Crippen LogP contribution in [0.5, 0.6) is 0 Å². The van der Waals surface area contributed by atoms with Gasteiger partial charge in [0.05, 0.1) is 5.69 Å². The predicted octanol–water partition coefficient (Wildman–Crippen LogP) is 12.7. The van der Waals surface area contributed by atoms with Gasteiger partial charge in [-0.05, 0) is 88.5 Å². The first kappa shape index (κ1) is 31.1. The molecule has 5 heterocycles. The van der Waals surface area contributed by atoms with E-state index in [1.807, 2.05) is 0 Å². The van der Waals surface area contributed by atoms with Crippen LogP contribution in [-0.4, -0.2) is 11.3 Å². The summed E-state index contributed by atoms with van der Waals surface area (Å²) in [6, 6.07) is 45.0. The van der Waals surface area contributed by atoms with E-state index in [0.717, 1.165) is 56.0 Å². The zero-order valence-electron chi connectivity index (χ0n) is 32.2. The van der Waals surface area contributed by atoms with Crippen LogP contribution in [0.3, 0.4) is 0 Å². The number of benzene rings is 7. The zero-order chi connectivity index (χ0) is 37.4. The minimum atomic E-state index is -0.118. The summed E-state index contributed by atoms with van der Waals surface area (Å²) in [5, 5.41) is 7.08. The van der Waals surface area contributed by atoms with Crippen molar-refractivity contribution in [2.45, 2.75) is 58.3 Å². The summed E-state index contributed by atoms with van der Waals surface area (Å²) >= 11 is 0. The molecule has 5 heteroatoms. The SMILES string of the molecule is Cc1cc2c(cc1N1c3cc4c(oc5ccccc54)c4c3B(c3ccc5c(oc6ccccc65)c31)n1c3ccccc3c3cccc-4c31)C(C)(C)CCC2(C)C. The number of nitrogens with zero attached hydrogens (tertiary/aromatic N) is 2. The number of hydrogen-bond acceptors (Lipinski definition) is 3. The van der Waals surface area contributed by atoms with Crippen molar-refractivity contribution < 1.29 is 8.83 Å². The van der Waals surface area contributed by atoms with Gasteiger partial charge in [0.1, 0.15) is 16.7 Å². The van der Waals surface area contributed by atoms with Crippen LogP contribution in [0.25, 0.3) is 76.8 Å². The average molecular weight is 723 g/mol. The van der Waals surface area contributed by atoms with Crippen molar-refractivity contribution in [1.29, 1.82) is 0 Å². The second kappa shape index (κ2) is 10.2. The number of aromatic nitrogens is 1. The Hall–Kier alpha value is -6.20. The van der Waals surface area contributed by atoms with Crippen molar-refractivity contribution in [2.75, 3.05) is 4.90 Å². The highest BCUT2D eigenvalue weighted by Crippen LogP contribution is 2.54. The first-order chi connectivity index (χ1) is 27.2. The van der Waals surface area contributed by atoms with Gasteiger partial charge >= 0.3 is 6.85 Å². The molecule has 0 atom stereocenters. The molecule has 3 aliphatic rings. The molecule has 0 fully saturated rings.